The molecule has 0 amide bonds. The zero-order valence-electron chi connectivity index (χ0n) is 9.63. The molecule has 0 aliphatic heterocycles. The number of ether oxygens (including phenoxy) is 4. The van der Waals surface area contributed by atoms with Crippen LogP contribution in [0.2, 0.25) is 0 Å². The Bertz CT molecular complexity index is 297. The Kier molecular flexibility index (Phi) is 7.56. The van der Waals surface area contributed by atoms with Crippen molar-refractivity contribution in [3.05, 3.63) is 0 Å². The van der Waals surface area contributed by atoms with Gasteiger partial charge in [-0.1, -0.05) is 0 Å². The van der Waals surface area contributed by atoms with Gasteiger partial charge in [0.05, 0.1) is 51.9 Å². The van der Waals surface area contributed by atoms with Crippen LogP contribution in [0.3, 0.4) is 0 Å². The molecular formula is C9H16N2O5S. The van der Waals surface area contributed by atoms with Crippen LogP contribution in [-0.2, 0) is 9.47 Å². The van der Waals surface area contributed by atoms with Gasteiger partial charge < -0.3 is 24.1 Å². The maximum Gasteiger partial charge on any atom is 0.291 e. The molecule has 8 heteroatoms. The number of hydrogen-bond acceptors (Lipinski definition) is 8. The fourth-order valence-corrected chi connectivity index (χ4v) is 1.44. The van der Waals surface area contributed by atoms with E-state index < -0.39 is 0 Å². The number of methoxy groups -OCH3 is 1. The molecule has 0 aliphatic rings. The Morgan fingerprint density at radius 2 is 1.65 bits per heavy atom. The van der Waals surface area contributed by atoms with Crippen LogP contribution in [-0.4, -0.2) is 60.6 Å². The van der Waals surface area contributed by atoms with E-state index in [1.54, 1.807) is 0 Å². The van der Waals surface area contributed by atoms with Crippen molar-refractivity contribution in [2.24, 2.45) is 0 Å². The first kappa shape index (κ1) is 14.1. The van der Waals surface area contributed by atoms with Crippen LogP contribution in [0.4, 0.5) is 0 Å². The molecule has 98 valence electrons. The van der Waals surface area contributed by atoms with E-state index in [9.17, 15) is 0 Å². The molecule has 0 atom stereocenters. The minimum absolute atomic E-state index is 0.0275. The highest BCUT2D eigenvalue weighted by molar-refractivity contribution is 6.99. The molecule has 0 aromatic carbocycles. The third-order valence-electron chi connectivity index (χ3n) is 1.70. The normalized spacial score (nSPS) is 10.5. The Morgan fingerprint density at radius 3 is 2.35 bits per heavy atom. The van der Waals surface area contributed by atoms with Gasteiger partial charge in [-0.25, -0.2) is 0 Å². The Morgan fingerprint density at radius 1 is 1.00 bits per heavy atom. The first-order valence-electron chi connectivity index (χ1n) is 5.14. The minimum atomic E-state index is 0.0275. The summed E-state index contributed by atoms with van der Waals surface area (Å²) in [5.74, 6) is 0.777. The summed E-state index contributed by atoms with van der Waals surface area (Å²) in [5.41, 5.74) is 0. The average molecular weight is 264 g/mol. The molecule has 0 fully saturated rings. The Hall–Kier alpha value is -0.960. The fourth-order valence-electron chi connectivity index (χ4n) is 0.969. The van der Waals surface area contributed by atoms with E-state index in [0.29, 0.717) is 44.8 Å². The molecule has 0 spiro atoms. The van der Waals surface area contributed by atoms with Gasteiger partial charge in [0.2, 0.25) is 0 Å². The monoisotopic (exact) mass is 264 g/mol. The van der Waals surface area contributed by atoms with Gasteiger partial charge in [-0.05, 0) is 0 Å². The number of aliphatic hydroxyl groups is 1. The van der Waals surface area contributed by atoms with Gasteiger partial charge >= 0.3 is 0 Å². The van der Waals surface area contributed by atoms with Crippen LogP contribution in [0.1, 0.15) is 0 Å². The first-order chi connectivity index (χ1) is 8.38. The number of aliphatic hydroxyl groups excluding tert-OH is 1. The topological polar surface area (TPSA) is 82.9 Å². The maximum absolute atomic E-state index is 8.45. The molecule has 1 aromatic rings. The SMILES string of the molecule is COc1nsnc1OCCOCCOCCO. The zero-order chi connectivity index (χ0) is 12.3. The smallest absolute Gasteiger partial charge is 0.291 e. The van der Waals surface area contributed by atoms with Crippen LogP contribution in [0.15, 0.2) is 0 Å². The van der Waals surface area contributed by atoms with Crippen molar-refractivity contribution in [3.63, 3.8) is 0 Å². The lowest BCUT2D eigenvalue weighted by atomic mass is 10.7. The van der Waals surface area contributed by atoms with Gasteiger partial charge in [0.15, 0.2) is 0 Å². The summed E-state index contributed by atoms with van der Waals surface area (Å²) < 4.78 is 28.3. The lowest BCUT2D eigenvalue weighted by Crippen LogP contribution is -2.12. The molecule has 0 radical (unpaired) electrons. The molecule has 7 nitrogen and oxygen atoms in total. The van der Waals surface area contributed by atoms with E-state index in [4.69, 9.17) is 24.1 Å². The number of rotatable bonds is 10. The summed E-state index contributed by atoms with van der Waals surface area (Å²) in [4.78, 5) is 0. The van der Waals surface area contributed by atoms with E-state index in [1.807, 2.05) is 0 Å². The quantitative estimate of drug-likeness (QED) is 0.593. The second-order valence-electron chi connectivity index (χ2n) is 2.88. The Labute approximate surface area is 104 Å². The molecule has 0 saturated carbocycles. The summed E-state index contributed by atoms with van der Waals surface area (Å²) in [6, 6.07) is 0. The van der Waals surface area contributed by atoms with Gasteiger partial charge in [0.25, 0.3) is 11.8 Å². The third-order valence-corrected chi connectivity index (χ3v) is 2.19. The van der Waals surface area contributed by atoms with Gasteiger partial charge in [-0.2, -0.15) is 0 Å². The molecule has 0 aliphatic carbocycles. The van der Waals surface area contributed by atoms with Gasteiger partial charge in [0, 0.05) is 0 Å². The van der Waals surface area contributed by atoms with Crippen molar-refractivity contribution in [3.8, 4) is 11.8 Å². The van der Waals surface area contributed by atoms with Crippen molar-refractivity contribution < 1.29 is 24.1 Å². The highest BCUT2D eigenvalue weighted by atomic mass is 32.1. The van der Waals surface area contributed by atoms with E-state index in [0.717, 1.165) is 11.7 Å². The second kappa shape index (κ2) is 9.11. The fraction of sp³-hybridized carbons (Fsp3) is 0.778. The van der Waals surface area contributed by atoms with Crippen molar-refractivity contribution in [1.82, 2.24) is 8.75 Å². The van der Waals surface area contributed by atoms with E-state index >= 15 is 0 Å². The number of hydrogen-bond donors (Lipinski definition) is 1. The number of aromatic nitrogens is 2. The van der Waals surface area contributed by atoms with Crippen LogP contribution in [0.25, 0.3) is 0 Å². The van der Waals surface area contributed by atoms with Crippen LogP contribution >= 0.6 is 11.7 Å². The first-order valence-corrected chi connectivity index (χ1v) is 5.87. The molecule has 0 unspecified atom stereocenters. The highest BCUT2D eigenvalue weighted by Gasteiger charge is 2.08. The van der Waals surface area contributed by atoms with Crippen molar-refractivity contribution in [2.45, 2.75) is 0 Å². The van der Waals surface area contributed by atoms with Crippen molar-refractivity contribution in [1.29, 1.82) is 0 Å². The summed E-state index contributed by atoms with van der Waals surface area (Å²) >= 11 is 1.03. The summed E-state index contributed by atoms with van der Waals surface area (Å²) in [6.07, 6.45) is 0. The van der Waals surface area contributed by atoms with Gasteiger partial charge in [-0.3, -0.25) is 0 Å². The molecule has 17 heavy (non-hydrogen) atoms. The lowest BCUT2D eigenvalue weighted by molar-refractivity contribution is 0.0241. The highest BCUT2D eigenvalue weighted by Crippen LogP contribution is 2.22. The van der Waals surface area contributed by atoms with Crippen molar-refractivity contribution >= 4 is 11.7 Å². The Balaban J connectivity index is 1.97. The summed E-state index contributed by atoms with van der Waals surface area (Å²) in [7, 11) is 1.51. The standard InChI is InChI=1S/C9H16N2O5S/c1-13-8-9(11-17-10-8)16-7-6-15-5-4-14-3-2-12/h12H,2-7H2,1H3. The lowest BCUT2D eigenvalue weighted by Gasteiger charge is -2.05. The molecular weight excluding hydrogens is 248 g/mol. The maximum atomic E-state index is 8.45. The summed E-state index contributed by atoms with van der Waals surface area (Å²) in [5, 5.41) is 8.45. The van der Waals surface area contributed by atoms with Crippen LogP contribution in [0, 0.1) is 0 Å². The minimum Gasteiger partial charge on any atom is -0.477 e. The molecule has 1 aromatic heterocycles. The van der Waals surface area contributed by atoms with Gasteiger partial charge in [0.1, 0.15) is 6.61 Å². The van der Waals surface area contributed by atoms with Crippen LogP contribution < -0.4 is 9.47 Å². The van der Waals surface area contributed by atoms with Gasteiger partial charge in [-0.15, -0.1) is 8.75 Å². The summed E-state index contributed by atoms with van der Waals surface area (Å²) in [6.45, 7) is 2.10. The molecule has 1 rings (SSSR count). The zero-order valence-corrected chi connectivity index (χ0v) is 10.4. The predicted molar refractivity (Wildman–Crippen MR) is 60.7 cm³/mol. The molecule has 1 N–H and O–H groups in total. The third kappa shape index (κ3) is 5.78. The average Bonchev–Trinajstić information content (AvgIpc) is 2.80. The van der Waals surface area contributed by atoms with E-state index in [2.05, 4.69) is 8.75 Å². The number of nitrogens with zero attached hydrogens (tertiary/aromatic N) is 2. The molecule has 0 bridgehead atoms. The van der Waals surface area contributed by atoms with Crippen LogP contribution in [0.5, 0.6) is 11.8 Å². The van der Waals surface area contributed by atoms with E-state index in [1.165, 1.54) is 7.11 Å². The predicted octanol–water partition coefficient (Wildman–Crippen LogP) is -0.0490. The van der Waals surface area contributed by atoms with Crippen molar-refractivity contribution in [2.75, 3.05) is 46.8 Å². The second-order valence-corrected chi connectivity index (χ2v) is 3.40. The van der Waals surface area contributed by atoms with E-state index in [-0.39, 0.29) is 6.61 Å². The molecule has 1 heterocycles. The molecule has 0 saturated heterocycles. The largest absolute Gasteiger partial charge is 0.477 e.